The minimum Gasteiger partial charge on any atom is -0.497 e. The zero-order valence-corrected chi connectivity index (χ0v) is 22.9. The van der Waals surface area contributed by atoms with Crippen LogP contribution in [0.5, 0.6) is 22.4 Å². The van der Waals surface area contributed by atoms with E-state index in [4.69, 9.17) is 14.2 Å². The molecule has 9 heteroatoms. The Balaban J connectivity index is 1.15. The zero-order valence-electron chi connectivity index (χ0n) is 22.1. The highest BCUT2D eigenvalue weighted by molar-refractivity contribution is 7.07. The summed E-state index contributed by atoms with van der Waals surface area (Å²) in [5.41, 5.74) is 2.89. The molecule has 3 aromatic carbocycles. The van der Waals surface area contributed by atoms with Crippen LogP contribution in [-0.2, 0) is 13.0 Å². The Bertz CT molecular complexity index is 1390. The molecule has 1 aliphatic rings. The quantitative estimate of drug-likeness (QED) is 0.289. The van der Waals surface area contributed by atoms with E-state index in [2.05, 4.69) is 43.8 Å². The second-order valence-corrected chi connectivity index (χ2v) is 10.2. The lowest BCUT2D eigenvalue weighted by Crippen LogP contribution is -2.44. The van der Waals surface area contributed by atoms with E-state index in [-0.39, 0.29) is 11.9 Å². The zero-order chi connectivity index (χ0) is 27.0. The highest BCUT2D eigenvalue weighted by Gasteiger charge is 2.22. The number of ether oxygens (including phenoxy) is 3. The Morgan fingerprint density at radius 3 is 2.51 bits per heavy atom. The van der Waals surface area contributed by atoms with Crippen LogP contribution in [0.25, 0.3) is 0 Å². The molecule has 0 aliphatic carbocycles. The van der Waals surface area contributed by atoms with Crippen LogP contribution in [0.4, 0.5) is 0 Å². The maximum absolute atomic E-state index is 13.0. The van der Waals surface area contributed by atoms with Crippen LogP contribution in [0.15, 0.2) is 72.8 Å². The topological polar surface area (TPSA) is 85.8 Å². The summed E-state index contributed by atoms with van der Waals surface area (Å²) in [7, 11) is 3.20. The highest BCUT2D eigenvalue weighted by Crippen LogP contribution is 2.33. The molecule has 0 unspecified atom stereocenters. The fourth-order valence-electron chi connectivity index (χ4n) is 4.65. The number of hydrogen-bond donors (Lipinski definition) is 1. The van der Waals surface area contributed by atoms with Crippen molar-refractivity contribution in [2.45, 2.75) is 31.8 Å². The Kier molecular flexibility index (Phi) is 8.70. The van der Waals surface area contributed by atoms with Crippen LogP contribution in [0.1, 0.15) is 40.2 Å². The normalized spacial score (nSPS) is 14.1. The average Bonchev–Trinajstić information content (AvgIpc) is 3.41. The minimum atomic E-state index is -0.113. The molecule has 0 radical (unpaired) electrons. The van der Waals surface area contributed by atoms with E-state index < -0.39 is 0 Å². The van der Waals surface area contributed by atoms with Crippen LogP contribution in [0.2, 0.25) is 0 Å². The van der Waals surface area contributed by atoms with Gasteiger partial charge in [0.05, 0.1) is 14.2 Å². The number of hydrogen-bond acceptors (Lipinski definition) is 8. The number of piperidine rings is 1. The number of carbonyl (C=O) groups is 1. The number of benzene rings is 3. The average molecular weight is 545 g/mol. The van der Waals surface area contributed by atoms with Crippen LogP contribution < -0.4 is 19.5 Å². The van der Waals surface area contributed by atoms with E-state index in [0.717, 1.165) is 43.8 Å². The Labute approximate surface area is 232 Å². The minimum absolute atomic E-state index is 0.113. The summed E-state index contributed by atoms with van der Waals surface area (Å²) in [4.78, 5) is 19.9. The van der Waals surface area contributed by atoms with Gasteiger partial charge in [-0.15, -0.1) is 0 Å². The van der Waals surface area contributed by atoms with E-state index in [0.29, 0.717) is 34.5 Å². The van der Waals surface area contributed by atoms with Gasteiger partial charge in [-0.1, -0.05) is 42.5 Å². The van der Waals surface area contributed by atoms with E-state index in [1.165, 1.54) is 17.1 Å². The van der Waals surface area contributed by atoms with Gasteiger partial charge < -0.3 is 19.5 Å². The van der Waals surface area contributed by atoms with Crippen molar-refractivity contribution >= 4 is 17.4 Å². The third-order valence-electron chi connectivity index (χ3n) is 6.74. The molecule has 202 valence electrons. The Morgan fingerprint density at radius 2 is 1.74 bits per heavy atom. The third-order valence-corrected chi connectivity index (χ3v) is 7.37. The summed E-state index contributed by atoms with van der Waals surface area (Å²) in [6, 6.07) is 23.6. The number of aromatic nitrogens is 2. The third kappa shape index (κ3) is 7.13. The monoisotopic (exact) mass is 544 g/mol. The van der Waals surface area contributed by atoms with Crippen molar-refractivity contribution in [3.8, 4) is 22.4 Å². The van der Waals surface area contributed by atoms with Crippen molar-refractivity contribution in [1.82, 2.24) is 19.6 Å². The lowest BCUT2D eigenvalue weighted by molar-refractivity contribution is 0.0908. The van der Waals surface area contributed by atoms with Gasteiger partial charge in [-0.25, -0.2) is 0 Å². The van der Waals surface area contributed by atoms with Gasteiger partial charge in [0.15, 0.2) is 17.3 Å². The summed E-state index contributed by atoms with van der Waals surface area (Å²) in [6.07, 6.45) is 2.41. The molecular weight excluding hydrogens is 512 g/mol. The Morgan fingerprint density at radius 1 is 0.949 bits per heavy atom. The number of amides is 1. The fourth-order valence-corrected chi connectivity index (χ4v) is 5.21. The number of nitrogens with one attached hydrogen (secondary N) is 1. The van der Waals surface area contributed by atoms with Crippen molar-refractivity contribution in [1.29, 1.82) is 0 Å². The summed E-state index contributed by atoms with van der Waals surface area (Å²) in [5.74, 6) is 2.28. The van der Waals surface area contributed by atoms with Gasteiger partial charge in [0, 0.05) is 49.2 Å². The molecular formula is C30H32N4O4S. The first-order valence-corrected chi connectivity index (χ1v) is 13.8. The first-order valence-electron chi connectivity index (χ1n) is 13.0. The molecule has 4 aromatic rings. The van der Waals surface area contributed by atoms with E-state index in [9.17, 15) is 4.79 Å². The summed E-state index contributed by atoms with van der Waals surface area (Å²) < 4.78 is 21.2. The molecule has 0 atom stereocenters. The molecule has 0 bridgehead atoms. The molecule has 1 aromatic heterocycles. The smallest absolute Gasteiger partial charge is 0.298 e. The standard InChI is InChI=1S/C30H32N4O4S/c1-36-25-10-6-9-22(17-25)18-28-32-30(39-33-28)38-26-12-11-23(19-27(26)37-2)29(35)31-24-13-15-34(16-14-24)20-21-7-4-3-5-8-21/h3-12,17,19,24H,13-16,18,20H2,1-2H3,(H,31,35). The molecule has 0 saturated carbocycles. The van der Waals surface area contributed by atoms with Gasteiger partial charge in [0.1, 0.15) is 5.75 Å². The van der Waals surface area contributed by atoms with Crippen molar-refractivity contribution < 1.29 is 19.0 Å². The maximum atomic E-state index is 13.0. The fraction of sp³-hybridized carbons (Fsp3) is 0.300. The van der Waals surface area contributed by atoms with Gasteiger partial charge in [-0.2, -0.15) is 9.36 Å². The predicted molar refractivity (Wildman–Crippen MR) is 151 cm³/mol. The lowest BCUT2D eigenvalue weighted by Gasteiger charge is -2.32. The molecule has 39 heavy (non-hydrogen) atoms. The van der Waals surface area contributed by atoms with Crippen molar-refractivity contribution in [2.75, 3.05) is 27.3 Å². The number of nitrogens with zero attached hydrogens (tertiary/aromatic N) is 3. The van der Waals surface area contributed by atoms with Crippen LogP contribution in [-0.4, -0.2) is 53.5 Å². The predicted octanol–water partition coefficient (Wildman–Crippen LogP) is 5.33. The number of rotatable bonds is 10. The SMILES string of the molecule is COc1cccc(Cc2nsc(Oc3ccc(C(=O)NC4CCN(Cc5ccccc5)CC4)cc3OC)n2)c1. The van der Waals surface area contributed by atoms with E-state index >= 15 is 0 Å². The van der Waals surface area contributed by atoms with Crippen LogP contribution >= 0.6 is 11.5 Å². The Hall–Kier alpha value is -3.95. The number of carbonyl (C=O) groups excluding carboxylic acids is 1. The molecule has 2 heterocycles. The maximum Gasteiger partial charge on any atom is 0.298 e. The van der Waals surface area contributed by atoms with Gasteiger partial charge >= 0.3 is 0 Å². The first kappa shape index (κ1) is 26.6. The van der Waals surface area contributed by atoms with Gasteiger partial charge in [0.25, 0.3) is 11.1 Å². The van der Waals surface area contributed by atoms with Crippen molar-refractivity contribution in [2.24, 2.45) is 0 Å². The number of likely N-dealkylation sites (tertiary alicyclic amines) is 1. The first-order chi connectivity index (χ1) is 19.1. The van der Waals surface area contributed by atoms with Crippen molar-refractivity contribution in [3.05, 3.63) is 95.3 Å². The molecule has 1 fully saturated rings. The van der Waals surface area contributed by atoms with Crippen molar-refractivity contribution in [3.63, 3.8) is 0 Å². The summed E-state index contributed by atoms with van der Waals surface area (Å²) >= 11 is 1.17. The van der Waals surface area contributed by atoms with Gasteiger partial charge in [-0.3, -0.25) is 9.69 Å². The van der Waals surface area contributed by atoms with Gasteiger partial charge in [0.2, 0.25) is 0 Å². The molecule has 0 spiro atoms. The lowest BCUT2D eigenvalue weighted by atomic mass is 10.0. The summed E-state index contributed by atoms with van der Waals surface area (Å²) in [5, 5.41) is 3.59. The number of methoxy groups -OCH3 is 2. The highest BCUT2D eigenvalue weighted by atomic mass is 32.1. The van der Waals surface area contributed by atoms with Crippen LogP contribution in [0, 0.1) is 0 Å². The van der Waals surface area contributed by atoms with Crippen LogP contribution in [0.3, 0.4) is 0 Å². The second kappa shape index (κ2) is 12.7. The second-order valence-electron chi connectivity index (χ2n) is 9.48. The molecule has 1 N–H and O–H groups in total. The molecule has 8 nitrogen and oxygen atoms in total. The summed E-state index contributed by atoms with van der Waals surface area (Å²) in [6.45, 7) is 2.85. The van der Waals surface area contributed by atoms with E-state index in [1.54, 1.807) is 32.4 Å². The largest absolute Gasteiger partial charge is 0.497 e. The molecule has 1 amide bonds. The molecule has 1 saturated heterocycles. The van der Waals surface area contributed by atoms with E-state index in [1.807, 2.05) is 30.3 Å². The molecule has 5 rings (SSSR count). The molecule has 1 aliphatic heterocycles. The van der Waals surface area contributed by atoms with Gasteiger partial charge in [-0.05, 0) is 54.3 Å².